The first-order valence-electron chi connectivity index (χ1n) is 8.24. The van der Waals surface area contributed by atoms with Crippen molar-refractivity contribution >= 4 is 22.5 Å². The number of anilines is 1. The van der Waals surface area contributed by atoms with E-state index < -0.39 is 10.8 Å². The molecule has 23 heavy (non-hydrogen) atoms. The number of benzene rings is 1. The third-order valence-corrected chi connectivity index (χ3v) is 5.54. The van der Waals surface area contributed by atoms with Crippen molar-refractivity contribution in [1.82, 2.24) is 10.6 Å². The van der Waals surface area contributed by atoms with Crippen LogP contribution in [0.5, 0.6) is 0 Å². The van der Waals surface area contributed by atoms with E-state index in [0.717, 1.165) is 18.7 Å². The summed E-state index contributed by atoms with van der Waals surface area (Å²) in [5.74, 6) is 0. The molecular weight excluding hydrogens is 310 g/mol. The van der Waals surface area contributed by atoms with Crippen LogP contribution < -0.4 is 15.5 Å². The van der Waals surface area contributed by atoms with E-state index in [2.05, 4.69) is 27.7 Å². The van der Waals surface area contributed by atoms with E-state index in [-0.39, 0.29) is 11.3 Å². The number of nitrogens with zero attached hydrogens (tertiary/aromatic N) is 1. The van der Waals surface area contributed by atoms with Crippen LogP contribution in [0.15, 0.2) is 24.3 Å². The highest BCUT2D eigenvalue weighted by molar-refractivity contribution is 7.84. The van der Waals surface area contributed by atoms with Gasteiger partial charge in [0.15, 0.2) is 0 Å². The minimum Gasteiger partial charge on any atom is -0.371 e. The summed E-state index contributed by atoms with van der Waals surface area (Å²) >= 11 is 0. The van der Waals surface area contributed by atoms with E-state index in [1.54, 1.807) is 6.26 Å². The largest absolute Gasteiger partial charge is 0.371 e. The van der Waals surface area contributed by atoms with Crippen LogP contribution in [0.3, 0.4) is 0 Å². The molecule has 0 spiro atoms. The van der Waals surface area contributed by atoms with Gasteiger partial charge in [-0.3, -0.25) is 4.21 Å². The van der Waals surface area contributed by atoms with Crippen LogP contribution in [0, 0.1) is 0 Å². The predicted molar refractivity (Wildman–Crippen MR) is 96.3 cm³/mol. The lowest BCUT2D eigenvalue weighted by molar-refractivity contribution is 0.240. The molecule has 1 aliphatic heterocycles. The highest BCUT2D eigenvalue weighted by atomic mass is 32.2. The molecule has 6 heteroatoms. The van der Waals surface area contributed by atoms with Gasteiger partial charge >= 0.3 is 6.03 Å². The quantitative estimate of drug-likeness (QED) is 0.837. The summed E-state index contributed by atoms with van der Waals surface area (Å²) in [6.45, 7) is 4.96. The smallest absolute Gasteiger partial charge is 0.315 e. The zero-order chi connectivity index (χ0) is 16.7. The highest BCUT2D eigenvalue weighted by Gasteiger charge is 2.14. The normalized spacial score (nSPS) is 17.4. The molecule has 0 aliphatic carbocycles. The van der Waals surface area contributed by atoms with Crippen molar-refractivity contribution in [2.75, 3.05) is 30.8 Å². The number of piperidine rings is 1. The minimum atomic E-state index is -0.923. The molecule has 0 saturated carbocycles. The summed E-state index contributed by atoms with van der Waals surface area (Å²) in [6.07, 6.45) is 5.41. The van der Waals surface area contributed by atoms with E-state index >= 15 is 0 Å². The van der Waals surface area contributed by atoms with E-state index in [9.17, 15) is 9.00 Å². The van der Waals surface area contributed by atoms with E-state index in [4.69, 9.17) is 0 Å². The van der Waals surface area contributed by atoms with Crippen LogP contribution in [0.25, 0.3) is 0 Å². The van der Waals surface area contributed by atoms with Gasteiger partial charge in [-0.15, -0.1) is 0 Å². The fraction of sp³-hybridized carbons (Fsp3) is 0.588. The number of nitrogens with one attached hydrogen (secondary N) is 2. The van der Waals surface area contributed by atoms with Crippen LogP contribution in [0.4, 0.5) is 10.5 Å². The Morgan fingerprint density at radius 2 is 1.91 bits per heavy atom. The molecule has 1 aromatic rings. The van der Waals surface area contributed by atoms with Crippen LogP contribution in [0.2, 0.25) is 0 Å². The first-order chi connectivity index (χ1) is 11.1. The summed E-state index contributed by atoms with van der Waals surface area (Å²) in [5.41, 5.74) is 2.35. The Kier molecular flexibility index (Phi) is 6.89. The Labute approximate surface area is 141 Å². The minimum absolute atomic E-state index is 0.0404. The molecule has 128 valence electrons. The van der Waals surface area contributed by atoms with Gasteiger partial charge in [-0.05, 0) is 37.8 Å². The van der Waals surface area contributed by atoms with Crippen LogP contribution in [-0.2, 0) is 17.3 Å². The van der Waals surface area contributed by atoms with Gasteiger partial charge in [-0.2, -0.15) is 0 Å². The van der Waals surface area contributed by atoms with Crippen molar-refractivity contribution in [1.29, 1.82) is 0 Å². The lowest BCUT2D eigenvalue weighted by Gasteiger charge is -2.30. The number of rotatable bonds is 6. The average molecular weight is 337 g/mol. The maximum Gasteiger partial charge on any atom is 0.315 e. The van der Waals surface area contributed by atoms with Gasteiger partial charge in [-0.25, -0.2) is 4.79 Å². The van der Waals surface area contributed by atoms with Gasteiger partial charge in [0.2, 0.25) is 0 Å². The molecule has 2 rings (SSSR count). The maximum atomic E-state index is 11.9. The molecule has 0 radical (unpaired) electrons. The van der Waals surface area contributed by atoms with E-state index in [1.807, 2.05) is 19.1 Å². The molecule has 2 atom stereocenters. The third-order valence-electron chi connectivity index (χ3n) is 4.24. The second-order valence-electron chi connectivity index (χ2n) is 6.05. The van der Waals surface area contributed by atoms with E-state index in [0.29, 0.717) is 13.1 Å². The summed E-state index contributed by atoms with van der Waals surface area (Å²) in [5, 5.41) is 5.63. The SMILES string of the molecule is C[C@H](CNC(=O)NCc1ccccc1N1CCCCC1)[S@](C)=O. The monoisotopic (exact) mass is 337 g/mol. The first kappa shape index (κ1) is 17.8. The first-order valence-corrected chi connectivity index (χ1v) is 9.87. The Morgan fingerprint density at radius 3 is 2.61 bits per heavy atom. The molecule has 1 saturated heterocycles. The number of hydrogen-bond acceptors (Lipinski definition) is 3. The van der Waals surface area contributed by atoms with Crippen LogP contribution >= 0.6 is 0 Å². The summed E-state index contributed by atoms with van der Waals surface area (Å²) in [7, 11) is -0.923. The number of carbonyl (C=O) groups excluding carboxylic acids is 1. The second-order valence-corrected chi connectivity index (χ2v) is 7.85. The summed E-state index contributed by atoms with van der Waals surface area (Å²) in [4.78, 5) is 14.3. The van der Waals surface area contributed by atoms with Gasteiger partial charge in [0.25, 0.3) is 0 Å². The fourth-order valence-electron chi connectivity index (χ4n) is 2.70. The number of carbonyl (C=O) groups is 1. The van der Waals surface area contributed by atoms with Crippen molar-refractivity contribution in [2.45, 2.75) is 38.0 Å². The lowest BCUT2D eigenvalue weighted by atomic mass is 10.1. The topological polar surface area (TPSA) is 61.4 Å². The van der Waals surface area contributed by atoms with E-state index in [1.165, 1.54) is 24.9 Å². The molecule has 2 N–H and O–H groups in total. The molecule has 2 amide bonds. The van der Waals surface area contributed by atoms with Crippen LogP contribution in [0.1, 0.15) is 31.7 Å². The summed E-state index contributed by atoms with van der Waals surface area (Å²) in [6, 6.07) is 8.03. The van der Waals surface area contributed by atoms with Gasteiger partial charge in [0.05, 0.1) is 0 Å². The highest BCUT2D eigenvalue weighted by Crippen LogP contribution is 2.23. The molecule has 1 aromatic carbocycles. The molecule has 1 fully saturated rings. The Bertz CT molecular complexity index is 544. The Morgan fingerprint density at radius 1 is 1.22 bits per heavy atom. The van der Waals surface area contributed by atoms with Gasteiger partial charge in [0.1, 0.15) is 0 Å². The third kappa shape index (κ3) is 5.53. The Balaban J connectivity index is 1.87. The average Bonchev–Trinajstić information content (AvgIpc) is 2.58. The maximum absolute atomic E-state index is 11.9. The van der Waals surface area contributed by atoms with Crippen molar-refractivity contribution in [3.05, 3.63) is 29.8 Å². The van der Waals surface area contributed by atoms with Crippen molar-refractivity contribution in [3.63, 3.8) is 0 Å². The van der Waals surface area contributed by atoms with Gasteiger partial charge < -0.3 is 15.5 Å². The molecule has 1 heterocycles. The predicted octanol–water partition coefficient (Wildman–Crippen LogP) is 2.24. The van der Waals surface area contributed by atoms with Crippen LogP contribution in [-0.4, -0.2) is 41.4 Å². The lowest BCUT2D eigenvalue weighted by Crippen LogP contribution is -2.40. The molecule has 1 aliphatic rings. The van der Waals surface area contributed by atoms with Crippen molar-refractivity contribution in [2.24, 2.45) is 0 Å². The molecule has 0 unspecified atom stereocenters. The zero-order valence-electron chi connectivity index (χ0n) is 14.0. The van der Waals surface area contributed by atoms with Crippen molar-refractivity contribution < 1.29 is 9.00 Å². The summed E-state index contributed by atoms with van der Waals surface area (Å²) < 4.78 is 11.3. The molecule has 0 bridgehead atoms. The molecular formula is C17H27N3O2S. The number of hydrogen-bond donors (Lipinski definition) is 2. The number of urea groups is 1. The fourth-order valence-corrected chi connectivity index (χ4v) is 3.01. The number of amides is 2. The zero-order valence-corrected chi connectivity index (χ0v) is 14.8. The van der Waals surface area contributed by atoms with Gasteiger partial charge in [-0.1, -0.05) is 18.2 Å². The molecule has 5 nitrogen and oxygen atoms in total. The van der Waals surface area contributed by atoms with Gasteiger partial charge in [0, 0.05) is 54.2 Å². The molecule has 0 aromatic heterocycles. The number of para-hydroxylation sites is 1. The van der Waals surface area contributed by atoms with Crippen molar-refractivity contribution in [3.8, 4) is 0 Å². The Hall–Kier alpha value is -1.56. The second kappa shape index (κ2) is 8.91. The standard InChI is InChI=1S/C17H27N3O2S/c1-14(23(2)22)12-18-17(21)19-13-15-8-4-5-9-16(15)20-10-6-3-7-11-20/h4-5,8-9,14H,3,6-7,10-13H2,1-2H3,(H2,18,19,21)/t14-,23+/m1/s1.